The highest BCUT2D eigenvalue weighted by Gasteiger charge is 2.25. The van der Waals surface area contributed by atoms with Crippen LogP contribution in [0.15, 0.2) is 35.3 Å². The van der Waals surface area contributed by atoms with Crippen LogP contribution in [-0.4, -0.2) is 68.6 Å². The monoisotopic (exact) mass is 401 g/mol. The van der Waals surface area contributed by atoms with Crippen molar-refractivity contribution in [3.05, 3.63) is 35.9 Å². The van der Waals surface area contributed by atoms with Gasteiger partial charge in [0.1, 0.15) is 0 Å². The second-order valence-corrected chi connectivity index (χ2v) is 8.74. The largest absolute Gasteiger partial charge is 0.356 e. The smallest absolute Gasteiger partial charge is 0.191 e. The average molecular weight is 402 g/mol. The van der Waals surface area contributed by atoms with E-state index in [1.54, 1.807) is 0 Å². The minimum Gasteiger partial charge on any atom is -0.356 e. The molecule has 0 spiro atoms. The molecule has 0 aromatic heterocycles. The first-order chi connectivity index (χ1) is 14.1. The van der Waals surface area contributed by atoms with Gasteiger partial charge in [0.15, 0.2) is 5.96 Å². The van der Waals surface area contributed by atoms with E-state index in [1.807, 2.05) is 7.05 Å². The third-order valence-electron chi connectivity index (χ3n) is 5.88. The predicted octanol–water partition coefficient (Wildman–Crippen LogP) is 3.72. The molecule has 2 N–H and O–H groups in total. The molecule has 0 aliphatic carbocycles. The number of aliphatic imine (C=N–C) groups is 1. The van der Waals surface area contributed by atoms with Crippen molar-refractivity contribution in [1.29, 1.82) is 0 Å². The number of likely N-dealkylation sites (tertiary alicyclic amines) is 1. The second kappa shape index (κ2) is 13.6. The van der Waals surface area contributed by atoms with Crippen LogP contribution in [0.2, 0.25) is 0 Å². The summed E-state index contributed by atoms with van der Waals surface area (Å²) in [6.07, 6.45) is 8.83. The van der Waals surface area contributed by atoms with Crippen molar-refractivity contribution in [2.75, 3.05) is 40.8 Å². The highest BCUT2D eigenvalue weighted by Crippen LogP contribution is 2.19. The standard InChI is InChI=1S/C24H43N5/c1-21-19-23(15-18-29(21)20-22-13-9-8-10-14-22)27-24(25-2)26-16-11-6-5-7-12-17-28(3)4/h8-10,13-14,21,23H,5-7,11-12,15-20H2,1-4H3,(H2,25,26,27). The Morgan fingerprint density at radius 1 is 1.10 bits per heavy atom. The fraction of sp³-hybridized carbons (Fsp3) is 0.708. The molecule has 1 fully saturated rings. The van der Waals surface area contributed by atoms with Gasteiger partial charge in [0.05, 0.1) is 0 Å². The Morgan fingerprint density at radius 3 is 2.52 bits per heavy atom. The van der Waals surface area contributed by atoms with Gasteiger partial charge in [-0.25, -0.2) is 0 Å². The Hall–Kier alpha value is -1.59. The first kappa shape index (κ1) is 23.7. The predicted molar refractivity (Wildman–Crippen MR) is 125 cm³/mol. The van der Waals surface area contributed by atoms with Gasteiger partial charge in [0.25, 0.3) is 0 Å². The Bertz CT molecular complexity index is 572. The maximum atomic E-state index is 4.44. The van der Waals surface area contributed by atoms with Crippen molar-refractivity contribution in [3.63, 3.8) is 0 Å². The molecule has 5 heteroatoms. The van der Waals surface area contributed by atoms with E-state index in [1.165, 1.54) is 57.1 Å². The first-order valence-corrected chi connectivity index (χ1v) is 11.5. The van der Waals surface area contributed by atoms with E-state index < -0.39 is 0 Å². The number of unbranched alkanes of at least 4 members (excludes halogenated alkanes) is 4. The fourth-order valence-corrected chi connectivity index (χ4v) is 4.08. The second-order valence-electron chi connectivity index (χ2n) is 8.74. The van der Waals surface area contributed by atoms with Crippen LogP contribution in [0.5, 0.6) is 0 Å². The number of nitrogens with zero attached hydrogens (tertiary/aromatic N) is 3. The molecule has 1 heterocycles. The minimum atomic E-state index is 0.509. The molecule has 0 bridgehead atoms. The average Bonchev–Trinajstić information content (AvgIpc) is 2.71. The topological polar surface area (TPSA) is 42.9 Å². The molecule has 0 saturated carbocycles. The van der Waals surface area contributed by atoms with E-state index in [2.05, 4.69) is 76.8 Å². The molecule has 1 aromatic carbocycles. The third kappa shape index (κ3) is 9.64. The van der Waals surface area contributed by atoms with Gasteiger partial charge in [0, 0.05) is 38.8 Å². The molecule has 1 aromatic rings. The van der Waals surface area contributed by atoms with Gasteiger partial charge >= 0.3 is 0 Å². The molecule has 0 amide bonds. The van der Waals surface area contributed by atoms with E-state index in [0.717, 1.165) is 25.6 Å². The summed E-state index contributed by atoms with van der Waals surface area (Å²) in [5.41, 5.74) is 1.41. The van der Waals surface area contributed by atoms with Crippen molar-refractivity contribution in [2.45, 2.75) is 70.5 Å². The summed E-state index contributed by atoms with van der Waals surface area (Å²) >= 11 is 0. The van der Waals surface area contributed by atoms with Crippen LogP contribution < -0.4 is 10.6 Å². The zero-order valence-electron chi connectivity index (χ0n) is 19.2. The van der Waals surface area contributed by atoms with Gasteiger partial charge in [-0.3, -0.25) is 9.89 Å². The molecule has 0 radical (unpaired) electrons. The lowest BCUT2D eigenvalue weighted by molar-refractivity contribution is 0.134. The summed E-state index contributed by atoms with van der Waals surface area (Å²) in [6, 6.07) is 11.9. The molecule has 1 aliphatic rings. The van der Waals surface area contributed by atoms with Crippen molar-refractivity contribution in [1.82, 2.24) is 20.4 Å². The number of piperidine rings is 1. The maximum absolute atomic E-state index is 4.44. The number of rotatable bonds is 11. The van der Waals surface area contributed by atoms with Crippen LogP contribution >= 0.6 is 0 Å². The number of benzene rings is 1. The zero-order valence-corrected chi connectivity index (χ0v) is 19.2. The minimum absolute atomic E-state index is 0.509. The Balaban J connectivity index is 1.60. The lowest BCUT2D eigenvalue weighted by Gasteiger charge is -2.38. The quantitative estimate of drug-likeness (QED) is 0.337. The molecular weight excluding hydrogens is 358 g/mol. The number of nitrogens with one attached hydrogen (secondary N) is 2. The Morgan fingerprint density at radius 2 is 1.83 bits per heavy atom. The van der Waals surface area contributed by atoms with Crippen LogP contribution in [0.1, 0.15) is 57.4 Å². The fourth-order valence-electron chi connectivity index (χ4n) is 4.08. The summed E-state index contributed by atoms with van der Waals surface area (Å²) in [5, 5.41) is 7.16. The van der Waals surface area contributed by atoms with Crippen LogP contribution in [0.4, 0.5) is 0 Å². The summed E-state index contributed by atoms with van der Waals surface area (Å²) in [5.74, 6) is 0.964. The van der Waals surface area contributed by atoms with Gasteiger partial charge in [0.2, 0.25) is 0 Å². The Labute approximate surface area is 179 Å². The lowest BCUT2D eigenvalue weighted by atomic mass is 9.97. The lowest BCUT2D eigenvalue weighted by Crippen LogP contribution is -2.51. The molecule has 5 nitrogen and oxygen atoms in total. The third-order valence-corrected chi connectivity index (χ3v) is 5.88. The first-order valence-electron chi connectivity index (χ1n) is 11.5. The van der Waals surface area contributed by atoms with Gasteiger partial charge in [-0.1, -0.05) is 49.6 Å². The van der Waals surface area contributed by atoms with Crippen molar-refractivity contribution in [3.8, 4) is 0 Å². The number of hydrogen-bond acceptors (Lipinski definition) is 3. The molecular formula is C24H43N5. The van der Waals surface area contributed by atoms with Gasteiger partial charge in [-0.2, -0.15) is 0 Å². The van der Waals surface area contributed by atoms with Crippen LogP contribution in [-0.2, 0) is 6.54 Å². The van der Waals surface area contributed by atoms with Crippen LogP contribution in [0, 0.1) is 0 Å². The van der Waals surface area contributed by atoms with E-state index in [0.29, 0.717) is 12.1 Å². The summed E-state index contributed by atoms with van der Waals surface area (Å²) in [7, 11) is 6.18. The number of hydrogen-bond donors (Lipinski definition) is 2. The van der Waals surface area contributed by atoms with Crippen LogP contribution in [0.25, 0.3) is 0 Å². The molecule has 29 heavy (non-hydrogen) atoms. The SMILES string of the molecule is CN=C(NCCCCCCCN(C)C)NC1CCN(Cc2ccccc2)C(C)C1. The van der Waals surface area contributed by atoms with Crippen LogP contribution in [0.3, 0.4) is 0 Å². The molecule has 2 atom stereocenters. The van der Waals surface area contributed by atoms with E-state index in [9.17, 15) is 0 Å². The van der Waals surface area contributed by atoms with Crippen molar-refractivity contribution >= 4 is 5.96 Å². The molecule has 164 valence electrons. The Kier molecular flexibility index (Phi) is 11.1. The highest BCUT2D eigenvalue weighted by atomic mass is 15.2. The van der Waals surface area contributed by atoms with E-state index in [-0.39, 0.29) is 0 Å². The van der Waals surface area contributed by atoms with Gasteiger partial charge in [-0.05, 0) is 58.8 Å². The molecule has 2 rings (SSSR count). The van der Waals surface area contributed by atoms with Gasteiger partial charge < -0.3 is 15.5 Å². The zero-order chi connectivity index (χ0) is 20.9. The van der Waals surface area contributed by atoms with Gasteiger partial charge in [-0.15, -0.1) is 0 Å². The molecule has 2 unspecified atom stereocenters. The van der Waals surface area contributed by atoms with E-state index >= 15 is 0 Å². The normalized spacial score (nSPS) is 20.8. The summed E-state index contributed by atoms with van der Waals surface area (Å²) in [6.45, 7) is 6.75. The molecule has 1 aliphatic heterocycles. The summed E-state index contributed by atoms with van der Waals surface area (Å²) in [4.78, 5) is 9.30. The number of guanidine groups is 1. The summed E-state index contributed by atoms with van der Waals surface area (Å²) < 4.78 is 0. The maximum Gasteiger partial charge on any atom is 0.191 e. The van der Waals surface area contributed by atoms with E-state index in [4.69, 9.17) is 0 Å². The van der Waals surface area contributed by atoms with Crippen molar-refractivity contribution in [2.24, 2.45) is 4.99 Å². The molecule has 1 saturated heterocycles. The highest BCUT2D eigenvalue weighted by molar-refractivity contribution is 5.79. The van der Waals surface area contributed by atoms with Crippen molar-refractivity contribution < 1.29 is 0 Å².